The molecule has 0 bridgehead atoms. The zero-order valence-electron chi connectivity index (χ0n) is 12.6. The number of aromatic nitrogens is 3. The molecule has 6 heteroatoms. The first-order valence-corrected chi connectivity index (χ1v) is 6.63. The van der Waals surface area contributed by atoms with Crippen LogP contribution in [0.15, 0.2) is 30.9 Å². The van der Waals surface area contributed by atoms with E-state index in [4.69, 9.17) is 4.74 Å². The van der Waals surface area contributed by atoms with Gasteiger partial charge in [-0.25, -0.2) is 18.4 Å². The molecule has 0 saturated carbocycles. The van der Waals surface area contributed by atoms with Gasteiger partial charge in [0.05, 0.1) is 6.54 Å². The monoisotopic (exact) mass is 295 g/mol. The summed E-state index contributed by atoms with van der Waals surface area (Å²) < 4.78 is 35.5. The largest absolute Gasteiger partial charge is 0.365 e. The van der Waals surface area contributed by atoms with Gasteiger partial charge in [-0.15, -0.1) is 0 Å². The summed E-state index contributed by atoms with van der Waals surface area (Å²) >= 11 is 0. The molecular weight excluding hydrogens is 276 g/mol. The van der Waals surface area contributed by atoms with Gasteiger partial charge in [0.15, 0.2) is 5.60 Å². The average molecular weight is 295 g/mol. The maximum absolute atomic E-state index is 14.4. The Kier molecular flexibility index (Phi) is 4.09. The Morgan fingerprint density at radius 3 is 2.48 bits per heavy atom. The van der Waals surface area contributed by atoms with E-state index in [2.05, 4.69) is 10.1 Å². The molecule has 1 heterocycles. The summed E-state index contributed by atoms with van der Waals surface area (Å²) in [5.41, 5.74) is 0.442. The topological polar surface area (TPSA) is 39.9 Å². The van der Waals surface area contributed by atoms with Crippen molar-refractivity contribution >= 4 is 0 Å². The number of benzene rings is 1. The Hall–Kier alpha value is -1.82. The highest BCUT2D eigenvalue weighted by atomic mass is 19.3. The Morgan fingerprint density at radius 1 is 1.29 bits per heavy atom. The van der Waals surface area contributed by atoms with Crippen LogP contribution in [-0.4, -0.2) is 27.8 Å². The second-order valence-corrected chi connectivity index (χ2v) is 5.33. The number of methoxy groups -OCH3 is 1. The number of halogens is 2. The van der Waals surface area contributed by atoms with Crippen molar-refractivity contribution in [2.24, 2.45) is 0 Å². The summed E-state index contributed by atoms with van der Waals surface area (Å²) in [7, 11) is 1.30. The molecule has 1 unspecified atom stereocenters. The molecule has 2 aromatic rings. The van der Waals surface area contributed by atoms with Crippen molar-refractivity contribution in [1.29, 1.82) is 0 Å². The predicted molar refractivity (Wildman–Crippen MR) is 75.2 cm³/mol. The molecular formula is C15H19F2N3O. The molecule has 0 saturated heterocycles. The first-order chi connectivity index (χ1) is 9.80. The SMILES string of the molecule is COC(Cn1cncn1)(c1ccc(C)cc1C)C(C)(F)F. The molecule has 21 heavy (non-hydrogen) atoms. The van der Waals surface area contributed by atoms with E-state index in [1.165, 1.54) is 24.4 Å². The van der Waals surface area contributed by atoms with E-state index >= 15 is 0 Å². The average Bonchev–Trinajstić information content (AvgIpc) is 2.88. The lowest BCUT2D eigenvalue weighted by Gasteiger charge is -2.38. The van der Waals surface area contributed by atoms with E-state index in [1.807, 2.05) is 26.0 Å². The Bertz CT molecular complexity index is 608. The number of ether oxygens (including phenoxy) is 1. The normalized spacial score (nSPS) is 15.0. The van der Waals surface area contributed by atoms with E-state index in [1.54, 1.807) is 6.07 Å². The summed E-state index contributed by atoms with van der Waals surface area (Å²) in [4.78, 5) is 3.80. The van der Waals surface area contributed by atoms with E-state index in [-0.39, 0.29) is 6.54 Å². The summed E-state index contributed by atoms with van der Waals surface area (Å²) in [6.45, 7) is 4.49. The lowest BCUT2D eigenvalue weighted by molar-refractivity contribution is -0.202. The molecule has 1 atom stereocenters. The molecule has 2 rings (SSSR count). The van der Waals surface area contributed by atoms with Crippen molar-refractivity contribution in [1.82, 2.24) is 14.8 Å². The van der Waals surface area contributed by atoms with Gasteiger partial charge in [-0.1, -0.05) is 23.8 Å². The zero-order chi connectivity index (χ0) is 15.7. The second kappa shape index (κ2) is 5.52. The highest BCUT2D eigenvalue weighted by Crippen LogP contribution is 2.43. The van der Waals surface area contributed by atoms with Crippen LogP contribution in [0.2, 0.25) is 0 Å². The number of nitrogens with zero attached hydrogens (tertiary/aromatic N) is 3. The fraction of sp³-hybridized carbons (Fsp3) is 0.467. The van der Waals surface area contributed by atoms with E-state index in [0.717, 1.165) is 18.1 Å². The van der Waals surface area contributed by atoms with E-state index in [9.17, 15) is 8.78 Å². The van der Waals surface area contributed by atoms with Crippen molar-refractivity contribution in [3.63, 3.8) is 0 Å². The van der Waals surface area contributed by atoms with Gasteiger partial charge < -0.3 is 4.74 Å². The Balaban J connectivity index is 2.59. The molecule has 0 radical (unpaired) electrons. The Morgan fingerprint density at radius 2 is 2.00 bits per heavy atom. The van der Waals surface area contributed by atoms with Crippen LogP contribution in [0, 0.1) is 13.8 Å². The molecule has 0 aliphatic rings. The Labute approximate surface area is 122 Å². The van der Waals surface area contributed by atoms with Crippen LogP contribution in [0.4, 0.5) is 8.78 Å². The van der Waals surface area contributed by atoms with Crippen LogP contribution in [0.3, 0.4) is 0 Å². The van der Waals surface area contributed by atoms with E-state index in [0.29, 0.717) is 5.56 Å². The van der Waals surface area contributed by atoms with Gasteiger partial charge in [-0.3, -0.25) is 0 Å². The highest BCUT2D eigenvalue weighted by Gasteiger charge is 2.53. The lowest BCUT2D eigenvalue weighted by Crippen LogP contribution is -2.49. The summed E-state index contributed by atoms with van der Waals surface area (Å²) in [6, 6.07) is 5.38. The van der Waals surface area contributed by atoms with E-state index < -0.39 is 11.5 Å². The number of aryl methyl sites for hydroxylation is 2. The molecule has 1 aromatic heterocycles. The predicted octanol–water partition coefficient (Wildman–Crippen LogP) is 3.09. The van der Waals surface area contributed by atoms with Crippen LogP contribution < -0.4 is 0 Å². The van der Waals surface area contributed by atoms with Gasteiger partial charge in [-0.2, -0.15) is 5.10 Å². The van der Waals surface area contributed by atoms with Crippen molar-refractivity contribution in [3.05, 3.63) is 47.5 Å². The number of hydrogen-bond acceptors (Lipinski definition) is 3. The molecule has 0 aliphatic carbocycles. The van der Waals surface area contributed by atoms with Crippen LogP contribution in [-0.2, 0) is 16.9 Å². The maximum atomic E-state index is 14.4. The van der Waals surface area contributed by atoms with Gasteiger partial charge in [0.2, 0.25) is 0 Å². The standard InChI is InChI=1S/C15H19F2N3O/c1-11-5-6-13(12(2)7-11)15(21-4,14(3,16)17)8-20-10-18-9-19-20/h5-7,9-10H,8H2,1-4H3. The van der Waals surface area contributed by atoms with Crippen LogP contribution >= 0.6 is 0 Å². The second-order valence-electron chi connectivity index (χ2n) is 5.33. The third-order valence-corrected chi connectivity index (χ3v) is 3.73. The minimum absolute atomic E-state index is 0.114. The lowest BCUT2D eigenvalue weighted by atomic mass is 9.84. The third-order valence-electron chi connectivity index (χ3n) is 3.73. The first-order valence-electron chi connectivity index (χ1n) is 6.63. The molecule has 0 amide bonds. The van der Waals surface area contributed by atoms with Gasteiger partial charge in [-0.05, 0) is 25.0 Å². The van der Waals surface area contributed by atoms with Crippen LogP contribution in [0.5, 0.6) is 0 Å². The van der Waals surface area contributed by atoms with Crippen LogP contribution in [0.25, 0.3) is 0 Å². The van der Waals surface area contributed by atoms with Crippen molar-refractivity contribution in [3.8, 4) is 0 Å². The van der Waals surface area contributed by atoms with Crippen molar-refractivity contribution < 1.29 is 13.5 Å². The van der Waals surface area contributed by atoms with Crippen molar-refractivity contribution in [2.45, 2.75) is 38.8 Å². The van der Waals surface area contributed by atoms with Crippen molar-refractivity contribution in [2.75, 3.05) is 7.11 Å². The summed E-state index contributed by atoms with van der Waals surface area (Å²) in [6.07, 6.45) is 2.72. The molecule has 0 aliphatic heterocycles. The minimum Gasteiger partial charge on any atom is -0.365 e. The molecule has 114 valence electrons. The number of rotatable bonds is 5. The molecule has 0 fully saturated rings. The van der Waals surface area contributed by atoms with Crippen LogP contribution in [0.1, 0.15) is 23.6 Å². The fourth-order valence-corrected chi connectivity index (χ4v) is 2.62. The van der Waals surface area contributed by atoms with Gasteiger partial charge in [0.1, 0.15) is 12.7 Å². The number of alkyl halides is 2. The summed E-state index contributed by atoms with van der Waals surface area (Å²) in [5.74, 6) is -3.09. The summed E-state index contributed by atoms with van der Waals surface area (Å²) in [5, 5.41) is 3.93. The number of hydrogen-bond donors (Lipinski definition) is 0. The van der Waals surface area contributed by atoms with Gasteiger partial charge >= 0.3 is 0 Å². The third kappa shape index (κ3) is 2.81. The molecule has 0 spiro atoms. The van der Waals surface area contributed by atoms with Gasteiger partial charge in [0.25, 0.3) is 5.92 Å². The molecule has 0 N–H and O–H groups in total. The quantitative estimate of drug-likeness (QED) is 0.851. The first kappa shape index (κ1) is 15.6. The minimum atomic E-state index is -3.09. The fourth-order valence-electron chi connectivity index (χ4n) is 2.62. The maximum Gasteiger partial charge on any atom is 0.279 e. The zero-order valence-corrected chi connectivity index (χ0v) is 12.6. The smallest absolute Gasteiger partial charge is 0.279 e. The highest BCUT2D eigenvalue weighted by molar-refractivity contribution is 5.36. The molecule has 4 nitrogen and oxygen atoms in total. The van der Waals surface area contributed by atoms with Gasteiger partial charge in [0, 0.05) is 14.0 Å². The molecule has 1 aromatic carbocycles.